The molecule has 0 radical (unpaired) electrons. The Kier molecular flexibility index (Phi) is 8.08. The van der Waals surface area contributed by atoms with Gasteiger partial charge in [0.1, 0.15) is 11.6 Å². The number of aromatic nitrogens is 2. The topological polar surface area (TPSA) is 79.7 Å². The first-order valence-electron chi connectivity index (χ1n) is 11.8. The van der Waals surface area contributed by atoms with Crippen molar-refractivity contribution < 1.29 is 44.2 Å². The lowest BCUT2D eigenvalue weighted by Gasteiger charge is -2.17. The van der Waals surface area contributed by atoms with E-state index in [1.54, 1.807) is 0 Å². The van der Waals surface area contributed by atoms with Crippen molar-refractivity contribution in [3.8, 4) is 34.2 Å². The predicted octanol–water partition coefficient (Wildman–Crippen LogP) is 6.66. The maximum atomic E-state index is 15.5. The average molecular weight is 641 g/mol. The third-order valence-corrected chi connectivity index (χ3v) is 7.36. The van der Waals surface area contributed by atoms with Gasteiger partial charge in [-0.05, 0) is 36.4 Å². The number of methoxy groups -OCH3 is 2. The fourth-order valence-corrected chi connectivity index (χ4v) is 5.18. The van der Waals surface area contributed by atoms with Crippen molar-refractivity contribution in [3.63, 3.8) is 0 Å². The van der Waals surface area contributed by atoms with Crippen LogP contribution < -0.4 is 19.2 Å². The first-order chi connectivity index (χ1) is 20.5. The number of benzene rings is 3. The zero-order chi connectivity index (χ0) is 31.2. The molecule has 0 amide bonds. The van der Waals surface area contributed by atoms with Gasteiger partial charge in [0.2, 0.25) is 51.8 Å². The summed E-state index contributed by atoms with van der Waals surface area (Å²) in [6, 6.07) is 9.78. The molecule has 0 bridgehead atoms. The molecular formula is C28H15ClF6N2O5S. The number of hydrogen-bond donors (Lipinski definition) is 0. The maximum absolute atomic E-state index is 15.5. The van der Waals surface area contributed by atoms with Gasteiger partial charge < -0.3 is 13.7 Å². The lowest BCUT2D eigenvalue weighted by Crippen LogP contribution is -2.18. The van der Waals surface area contributed by atoms with E-state index < -0.39 is 57.3 Å². The molecule has 0 saturated heterocycles. The smallest absolute Gasteiger partial charge is 0.255 e. The van der Waals surface area contributed by atoms with Gasteiger partial charge in [-0.3, -0.25) is 9.36 Å². The van der Waals surface area contributed by atoms with Gasteiger partial charge in [-0.2, -0.15) is 8.78 Å². The second-order valence-corrected chi connectivity index (χ2v) is 10.2. The van der Waals surface area contributed by atoms with Crippen molar-refractivity contribution in [2.45, 2.75) is 4.90 Å². The van der Waals surface area contributed by atoms with Gasteiger partial charge in [0.05, 0.1) is 35.3 Å². The second kappa shape index (κ2) is 11.6. The van der Waals surface area contributed by atoms with Crippen molar-refractivity contribution >= 4 is 33.6 Å². The normalized spacial score (nSPS) is 11.9. The molecule has 43 heavy (non-hydrogen) atoms. The number of nitrogens with zero attached hydrogens (tertiary/aromatic N) is 2. The zero-order valence-electron chi connectivity index (χ0n) is 21.7. The summed E-state index contributed by atoms with van der Waals surface area (Å²) in [4.78, 5) is 16.8. The molecule has 0 spiro atoms. The quantitative estimate of drug-likeness (QED) is 0.113. The Morgan fingerprint density at radius 2 is 1.49 bits per heavy atom. The molecule has 0 N–H and O–H groups in total. The minimum Gasteiger partial charge on any atom is -0.495 e. The van der Waals surface area contributed by atoms with Crippen LogP contribution in [-0.4, -0.2) is 28.0 Å². The average Bonchev–Trinajstić information content (AvgIpc) is 3.00. The summed E-state index contributed by atoms with van der Waals surface area (Å²) in [6.45, 7) is 0. The molecule has 0 fully saturated rings. The van der Waals surface area contributed by atoms with Crippen LogP contribution in [0, 0.1) is 34.9 Å². The molecule has 0 aliphatic rings. The molecule has 1 atom stereocenters. The standard InChI is InChI=1S/C28H15ClF6N2O5S/c1-40-20-9-15(16-8-13(29)11-36-28(16)41-2)17(30)10-19(20)37-18-5-4-14(7-12(18)3-6-21(37)38)43(39)42-27-25(34)23(32)22(31)24(33)26(27)35/h3-11H,1-2H3. The zero-order valence-corrected chi connectivity index (χ0v) is 23.3. The second-order valence-electron chi connectivity index (χ2n) is 8.66. The maximum Gasteiger partial charge on any atom is 0.255 e. The first kappa shape index (κ1) is 29.9. The highest BCUT2D eigenvalue weighted by atomic mass is 35.5. The van der Waals surface area contributed by atoms with Gasteiger partial charge in [-0.25, -0.2) is 26.8 Å². The van der Waals surface area contributed by atoms with Crippen LogP contribution >= 0.6 is 11.6 Å². The highest BCUT2D eigenvalue weighted by Gasteiger charge is 2.29. The molecule has 0 saturated carbocycles. The summed E-state index contributed by atoms with van der Waals surface area (Å²) in [6.07, 6.45) is 1.32. The van der Waals surface area contributed by atoms with Crippen LogP contribution in [0.4, 0.5) is 26.3 Å². The molecule has 2 aromatic heterocycles. The van der Waals surface area contributed by atoms with Gasteiger partial charge in [-0.1, -0.05) is 11.6 Å². The predicted molar refractivity (Wildman–Crippen MR) is 144 cm³/mol. The Bertz CT molecular complexity index is 1990. The van der Waals surface area contributed by atoms with Crippen LogP contribution in [0.15, 0.2) is 64.4 Å². The molecule has 2 heterocycles. The van der Waals surface area contributed by atoms with Crippen molar-refractivity contribution in [2.24, 2.45) is 0 Å². The lowest BCUT2D eigenvalue weighted by atomic mass is 10.0. The van der Waals surface area contributed by atoms with E-state index in [9.17, 15) is 31.0 Å². The monoisotopic (exact) mass is 640 g/mol. The number of ether oxygens (including phenoxy) is 2. The number of fused-ring (bicyclic) bond motifs is 1. The summed E-state index contributed by atoms with van der Waals surface area (Å²) in [5.41, 5.74) is -0.282. The van der Waals surface area contributed by atoms with E-state index in [0.717, 1.165) is 22.8 Å². The van der Waals surface area contributed by atoms with E-state index in [-0.39, 0.29) is 49.3 Å². The summed E-state index contributed by atoms with van der Waals surface area (Å²) in [5.74, 6) is -13.9. The Labute approximate surface area is 245 Å². The number of halogens is 7. The fourth-order valence-electron chi connectivity index (χ4n) is 4.23. The minimum atomic E-state index is -2.77. The highest BCUT2D eigenvalue weighted by Crippen LogP contribution is 2.38. The van der Waals surface area contributed by atoms with Gasteiger partial charge in [-0.15, -0.1) is 0 Å². The summed E-state index contributed by atoms with van der Waals surface area (Å²) in [7, 11) is 2.64. The van der Waals surface area contributed by atoms with E-state index in [1.165, 1.54) is 50.7 Å². The molecule has 0 aliphatic heterocycles. The Balaban J connectivity index is 1.60. The summed E-state index contributed by atoms with van der Waals surface area (Å²) >= 11 is 3.28. The number of pyridine rings is 2. The van der Waals surface area contributed by atoms with E-state index in [0.29, 0.717) is 0 Å². The number of hydrogen-bond acceptors (Lipinski definition) is 6. The molecule has 3 aromatic carbocycles. The largest absolute Gasteiger partial charge is 0.495 e. The Hall–Kier alpha value is -4.56. The number of rotatable bonds is 7. The Morgan fingerprint density at radius 3 is 2.14 bits per heavy atom. The van der Waals surface area contributed by atoms with E-state index >= 15 is 4.39 Å². The van der Waals surface area contributed by atoms with E-state index in [2.05, 4.69) is 9.17 Å². The van der Waals surface area contributed by atoms with Gasteiger partial charge in [0, 0.05) is 34.8 Å². The van der Waals surface area contributed by atoms with Gasteiger partial charge in [0.15, 0.2) is 0 Å². The molecule has 15 heteroatoms. The Morgan fingerprint density at radius 1 is 0.814 bits per heavy atom. The third kappa shape index (κ3) is 5.27. The van der Waals surface area contributed by atoms with E-state index in [4.69, 9.17) is 21.1 Å². The molecule has 0 aliphatic carbocycles. The van der Waals surface area contributed by atoms with Crippen LogP contribution in [0.25, 0.3) is 27.7 Å². The SMILES string of the molecule is COc1cc(-c2cc(Cl)cnc2OC)c(F)cc1-n1c(=O)ccc2cc(S(=O)Oc3c(F)c(F)c(F)c(F)c3F)ccc21. The van der Waals surface area contributed by atoms with Crippen LogP contribution in [0.3, 0.4) is 0 Å². The van der Waals surface area contributed by atoms with Crippen molar-refractivity contribution in [1.82, 2.24) is 9.55 Å². The molecule has 5 rings (SSSR count). The molecular weight excluding hydrogens is 626 g/mol. The van der Waals surface area contributed by atoms with Crippen LogP contribution in [-0.2, 0) is 11.1 Å². The molecule has 222 valence electrons. The molecule has 7 nitrogen and oxygen atoms in total. The molecule has 5 aromatic rings. The van der Waals surface area contributed by atoms with Gasteiger partial charge >= 0.3 is 0 Å². The minimum absolute atomic E-state index is 0.00342. The van der Waals surface area contributed by atoms with Crippen molar-refractivity contribution in [3.05, 3.63) is 105 Å². The lowest BCUT2D eigenvalue weighted by molar-refractivity contribution is 0.352. The summed E-state index contributed by atoms with van der Waals surface area (Å²) in [5, 5.41) is 0.416. The van der Waals surface area contributed by atoms with E-state index in [1.807, 2.05) is 0 Å². The van der Waals surface area contributed by atoms with Crippen molar-refractivity contribution in [1.29, 1.82) is 0 Å². The van der Waals surface area contributed by atoms with Crippen LogP contribution in [0.1, 0.15) is 0 Å². The summed E-state index contributed by atoms with van der Waals surface area (Å²) < 4.78 is 113. The first-order valence-corrected chi connectivity index (χ1v) is 13.3. The van der Waals surface area contributed by atoms with Crippen LogP contribution in [0.2, 0.25) is 5.02 Å². The fraction of sp³-hybridized carbons (Fsp3) is 0.0714. The highest BCUT2D eigenvalue weighted by molar-refractivity contribution is 7.80. The van der Waals surface area contributed by atoms with Crippen LogP contribution in [0.5, 0.6) is 17.4 Å². The third-order valence-electron chi connectivity index (χ3n) is 6.20. The van der Waals surface area contributed by atoms with Gasteiger partial charge in [0.25, 0.3) is 5.56 Å². The molecule has 1 unspecified atom stereocenters. The van der Waals surface area contributed by atoms with Crippen molar-refractivity contribution in [2.75, 3.05) is 14.2 Å².